The van der Waals surface area contributed by atoms with Gasteiger partial charge in [-0.05, 0) is 36.8 Å². The zero-order valence-electron chi connectivity index (χ0n) is 14.2. The van der Waals surface area contributed by atoms with Crippen LogP contribution in [0.4, 0.5) is 4.79 Å². The van der Waals surface area contributed by atoms with Crippen molar-refractivity contribution in [2.45, 2.75) is 25.7 Å². The molecule has 1 aromatic heterocycles. The number of hydroxylamine groups is 2. The summed E-state index contributed by atoms with van der Waals surface area (Å²) in [7, 11) is 2.78. The quantitative estimate of drug-likeness (QED) is 0.744. The molecule has 1 heterocycles. The van der Waals surface area contributed by atoms with E-state index in [2.05, 4.69) is 10.2 Å². The minimum Gasteiger partial charge on any atom is -0.434 e. The lowest BCUT2D eigenvalue weighted by atomic mass is 10.1. The summed E-state index contributed by atoms with van der Waals surface area (Å²) in [6, 6.07) is 7.36. The van der Waals surface area contributed by atoms with Crippen LogP contribution in [0.25, 0.3) is 0 Å². The fraction of sp³-hybridized carbons (Fsp3) is 0.353. The molecule has 2 aromatic rings. The van der Waals surface area contributed by atoms with Crippen molar-refractivity contribution in [1.82, 2.24) is 15.3 Å². The number of halogens is 1. The average molecular weight is 364 g/mol. The second-order valence-electron chi connectivity index (χ2n) is 5.75. The van der Waals surface area contributed by atoms with E-state index in [-0.39, 0.29) is 16.8 Å². The van der Waals surface area contributed by atoms with Gasteiger partial charge >= 0.3 is 6.09 Å². The largest absolute Gasteiger partial charge is 0.439 e. The summed E-state index contributed by atoms with van der Waals surface area (Å²) in [6.07, 6.45) is 1.53. The number of benzene rings is 1. The number of para-hydroxylation sites is 1. The Morgan fingerprint density at radius 3 is 2.76 bits per heavy atom. The number of ether oxygens (including phenoxy) is 2. The van der Waals surface area contributed by atoms with Gasteiger partial charge in [-0.25, -0.2) is 4.79 Å². The second-order valence-corrected chi connectivity index (χ2v) is 6.14. The van der Waals surface area contributed by atoms with Crippen molar-refractivity contribution in [3.8, 4) is 17.4 Å². The molecule has 0 saturated heterocycles. The lowest BCUT2D eigenvalue weighted by Gasteiger charge is -2.16. The normalized spacial score (nSPS) is 13.4. The van der Waals surface area contributed by atoms with Crippen molar-refractivity contribution in [2.75, 3.05) is 14.2 Å². The van der Waals surface area contributed by atoms with E-state index >= 15 is 0 Å². The number of aryl methyl sites for hydroxylation is 1. The van der Waals surface area contributed by atoms with Crippen LogP contribution in [0.3, 0.4) is 0 Å². The maximum Gasteiger partial charge on any atom is 0.439 e. The Kier molecular flexibility index (Phi) is 5.06. The molecule has 1 saturated carbocycles. The van der Waals surface area contributed by atoms with Gasteiger partial charge in [0, 0.05) is 13.1 Å². The number of nitrogens with zero attached hydrogens (tertiary/aromatic N) is 3. The lowest BCUT2D eigenvalue weighted by Crippen LogP contribution is -2.28. The van der Waals surface area contributed by atoms with Gasteiger partial charge in [0.05, 0.1) is 7.11 Å². The molecule has 25 heavy (non-hydrogen) atoms. The smallest absolute Gasteiger partial charge is 0.434 e. The molecule has 0 radical (unpaired) electrons. The van der Waals surface area contributed by atoms with E-state index < -0.39 is 6.09 Å². The summed E-state index contributed by atoms with van der Waals surface area (Å²) in [5.41, 5.74) is 2.08. The molecule has 8 heteroatoms. The van der Waals surface area contributed by atoms with E-state index in [1.807, 2.05) is 25.1 Å². The fourth-order valence-electron chi connectivity index (χ4n) is 2.35. The molecule has 1 aliphatic carbocycles. The predicted molar refractivity (Wildman–Crippen MR) is 91.1 cm³/mol. The van der Waals surface area contributed by atoms with E-state index in [4.69, 9.17) is 25.9 Å². The Morgan fingerprint density at radius 1 is 1.32 bits per heavy atom. The molecule has 132 valence electrons. The molecule has 1 aliphatic rings. The molecule has 0 aliphatic heterocycles. The van der Waals surface area contributed by atoms with Gasteiger partial charge in [-0.3, -0.25) is 4.84 Å². The molecule has 1 aromatic carbocycles. The van der Waals surface area contributed by atoms with Crippen LogP contribution in [-0.2, 0) is 4.84 Å². The summed E-state index contributed by atoms with van der Waals surface area (Å²) < 4.78 is 11.2. The molecule has 0 unspecified atom stereocenters. The van der Waals surface area contributed by atoms with E-state index in [1.165, 1.54) is 20.2 Å². The monoisotopic (exact) mass is 363 g/mol. The van der Waals surface area contributed by atoms with Gasteiger partial charge in [0.1, 0.15) is 5.75 Å². The number of rotatable bonds is 5. The van der Waals surface area contributed by atoms with Crippen molar-refractivity contribution in [1.29, 1.82) is 0 Å². The van der Waals surface area contributed by atoms with Gasteiger partial charge in [-0.2, -0.15) is 5.06 Å². The van der Waals surface area contributed by atoms with E-state index in [1.54, 1.807) is 0 Å². The van der Waals surface area contributed by atoms with Crippen LogP contribution in [0.2, 0.25) is 5.15 Å². The highest BCUT2D eigenvalue weighted by Gasteiger charge is 2.28. The van der Waals surface area contributed by atoms with Crippen molar-refractivity contribution in [3.63, 3.8) is 0 Å². The maximum absolute atomic E-state index is 11.9. The average Bonchev–Trinajstić information content (AvgIpc) is 3.42. The Balaban J connectivity index is 1.92. The van der Waals surface area contributed by atoms with Gasteiger partial charge in [0.15, 0.2) is 10.9 Å². The highest BCUT2D eigenvalue weighted by atomic mass is 35.5. The summed E-state index contributed by atoms with van der Waals surface area (Å²) in [5.74, 6) is 1.33. The van der Waals surface area contributed by atoms with E-state index in [0.29, 0.717) is 11.7 Å². The molecule has 0 bridgehead atoms. The van der Waals surface area contributed by atoms with Crippen LogP contribution in [0.15, 0.2) is 24.3 Å². The van der Waals surface area contributed by atoms with Crippen LogP contribution in [0, 0.1) is 6.92 Å². The zero-order chi connectivity index (χ0) is 18.0. The van der Waals surface area contributed by atoms with Gasteiger partial charge < -0.3 is 9.47 Å². The van der Waals surface area contributed by atoms with E-state index in [0.717, 1.165) is 29.0 Å². The Bertz CT molecular complexity index is 795. The zero-order valence-corrected chi connectivity index (χ0v) is 14.9. The van der Waals surface area contributed by atoms with Crippen LogP contribution in [0.1, 0.15) is 29.9 Å². The number of amides is 1. The first-order chi connectivity index (χ1) is 12.0. The molecular formula is C17H18ClN3O4. The number of carbonyl (C=O) groups excluding carboxylic acids is 1. The first-order valence-corrected chi connectivity index (χ1v) is 8.17. The van der Waals surface area contributed by atoms with Crippen molar-refractivity contribution < 1.29 is 19.1 Å². The number of carbonyl (C=O) groups is 1. The minimum absolute atomic E-state index is 0.0680. The van der Waals surface area contributed by atoms with Gasteiger partial charge in [-0.15, -0.1) is 10.2 Å². The highest BCUT2D eigenvalue weighted by molar-refractivity contribution is 6.29. The summed E-state index contributed by atoms with van der Waals surface area (Å²) in [6.45, 7) is 1.95. The van der Waals surface area contributed by atoms with Crippen LogP contribution >= 0.6 is 11.6 Å². The Labute approximate surface area is 150 Å². The number of hydrogen-bond acceptors (Lipinski definition) is 6. The summed E-state index contributed by atoms with van der Waals surface area (Å²) in [4.78, 5) is 16.7. The first-order valence-electron chi connectivity index (χ1n) is 7.79. The summed E-state index contributed by atoms with van der Waals surface area (Å²) >= 11 is 5.87. The van der Waals surface area contributed by atoms with Gasteiger partial charge in [-0.1, -0.05) is 29.8 Å². The standard InChI is InChI=1S/C17H18ClN3O4/c1-10-5-4-6-12(11-7-8-11)15(10)25-16-13(9-14(18)19-20-16)24-17(22)21(2)23-3/h4-6,9,11H,7-8H2,1-3H3. The topological polar surface area (TPSA) is 73.8 Å². The molecule has 0 N–H and O–H groups in total. The van der Waals surface area contributed by atoms with Crippen LogP contribution in [0.5, 0.6) is 17.4 Å². The van der Waals surface area contributed by atoms with Crippen molar-refractivity contribution in [2.24, 2.45) is 0 Å². The minimum atomic E-state index is -0.733. The Morgan fingerprint density at radius 2 is 2.08 bits per heavy atom. The summed E-state index contributed by atoms with van der Waals surface area (Å²) in [5, 5.41) is 8.73. The number of hydrogen-bond donors (Lipinski definition) is 0. The highest BCUT2D eigenvalue weighted by Crippen LogP contribution is 2.46. The fourth-order valence-corrected chi connectivity index (χ4v) is 2.48. The third-order valence-electron chi connectivity index (χ3n) is 3.88. The molecule has 1 amide bonds. The van der Waals surface area contributed by atoms with Crippen molar-refractivity contribution in [3.05, 3.63) is 40.5 Å². The maximum atomic E-state index is 11.9. The molecule has 0 atom stereocenters. The third kappa shape index (κ3) is 4.00. The number of aromatic nitrogens is 2. The van der Waals surface area contributed by atoms with Crippen molar-refractivity contribution >= 4 is 17.7 Å². The molecule has 7 nitrogen and oxygen atoms in total. The second kappa shape index (κ2) is 7.25. The lowest BCUT2D eigenvalue weighted by molar-refractivity contribution is -0.0792. The molecular weight excluding hydrogens is 346 g/mol. The predicted octanol–water partition coefficient (Wildman–Crippen LogP) is 4.10. The SMILES string of the molecule is CON(C)C(=O)Oc1cc(Cl)nnc1Oc1c(C)cccc1C1CC1. The van der Waals surface area contributed by atoms with Gasteiger partial charge in [0.25, 0.3) is 5.88 Å². The molecule has 0 spiro atoms. The molecule has 1 fully saturated rings. The Hall–Kier alpha value is -2.38. The third-order valence-corrected chi connectivity index (χ3v) is 4.07. The van der Waals surface area contributed by atoms with E-state index in [9.17, 15) is 4.79 Å². The van der Waals surface area contributed by atoms with Crippen LogP contribution < -0.4 is 9.47 Å². The first kappa shape index (κ1) is 17.4. The van der Waals surface area contributed by atoms with Crippen LogP contribution in [-0.4, -0.2) is 35.5 Å². The van der Waals surface area contributed by atoms with Gasteiger partial charge in [0.2, 0.25) is 0 Å². The molecule has 3 rings (SSSR count).